The first-order valence-corrected chi connectivity index (χ1v) is 13.0. The summed E-state index contributed by atoms with van der Waals surface area (Å²) >= 11 is 0. The van der Waals surface area contributed by atoms with Crippen molar-refractivity contribution < 1.29 is 13.2 Å². The highest BCUT2D eigenvalue weighted by Gasteiger charge is 2.09. The van der Waals surface area contributed by atoms with E-state index >= 15 is 0 Å². The van der Waals surface area contributed by atoms with Crippen LogP contribution >= 0.6 is 0 Å². The lowest BCUT2D eigenvalue weighted by Gasteiger charge is -2.09. The molecular weight excluding hydrogens is 370 g/mol. The number of benzene rings is 1. The summed E-state index contributed by atoms with van der Waals surface area (Å²) in [4.78, 5) is 0. The predicted octanol–water partition coefficient (Wildman–Crippen LogP) is 6.92. The maximum atomic E-state index is 11.9. The van der Waals surface area contributed by atoms with Gasteiger partial charge in [-0.05, 0) is 37.1 Å². The minimum atomic E-state index is -3.24. The average Bonchev–Trinajstić information content (AvgIpc) is 2.68. The Hall–Kier alpha value is -1.23. The molecular formula is C23H41NO3S. The molecule has 162 valence electrons. The Bertz CT molecular complexity index is 584. The smallest absolute Gasteiger partial charge is 0.232 e. The zero-order valence-electron chi connectivity index (χ0n) is 18.0. The van der Waals surface area contributed by atoms with Crippen LogP contribution in [0.2, 0.25) is 0 Å². The maximum Gasteiger partial charge on any atom is 0.232 e. The SMILES string of the molecule is CCCCCCCCCCCCCOc1ccc(NS(=O)(=O)CCCC)cc1. The maximum absolute atomic E-state index is 11.9. The lowest BCUT2D eigenvalue weighted by Crippen LogP contribution is -2.16. The van der Waals surface area contributed by atoms with E-state index in [1.165, 1.54) is 64.2 Å². The molecule has 0 aliphatic carbocycles. The Morgan fingerprint density at radius 3 is 1.75 bits per heavy atom. The van der Waals surface area contributed by atoms with Crippen LogP contribution < -0.4 is 9.46 Å². The number of nitrogens with one attached hydrogen (secondary N) is 1. The third-order valence-electron chi connectivity index (χ3n) is 4.91. The van der Waals surface area contributed by atoms with Crippen LogP contribution in [0.15, 0.2) is 24.3 Å². The quantitative estimate of drug-likeness (QED) is 0.267. The Kier molecular flexibility index (Phi) is 13.9. The summed E-state index contributed by atoms with van der Waals surface area (Å²) in [6.45, 7) is 4.97. The van der Waals surface area contributed by atoms with Crippen molar-refractivity contribution in [3.05, 3.63) is 24.3 Å². The first-order valence-electron chi connectivity index (χ1n) is 11.3. The van der Waals surface area contributed by atoms with Gasteiger partial charge in [0, 0.05) is 5.69 Å². The molecule has 0 fully saturated rings. The summed E-state index contributed by atoms with van der Waals surface area (Å²) in [5.41, 5.74) is 0.596. The molecule has 1 rings (SSSR count). The highest BCUT2D eigenvalue weighted by molar-refractivity contribution is 7.92. The Morgan fingerprint density at radius 1 is 0.714 bits per heavy atom. The number of hydrogen-bond acceptors (Lipinski definition) is 3. The van der Waals surface area contributed by atoms with Crippen LogP contribution in [0, 0.1) is 0 Å². The number of hydrogen-bond donors (Lipinski definition) is 1. The topological polar surface area (TPSA) is 55.4 Å². The van der Waals surface area contributed by atoms with Gasteiger partial charge >= 0.3 is 0 Å². The zero-order chi connectivity index (χ0) is 20.5. The molecule has 0 spiro atoms. The monoisotopic (exact) mass is 411 g/mol. The van der Waals surface area contributed by atoms with Crippen LogP contribution in [0.3, 0.4) is 0 Å². The lowest BCUT2D eigenvalue weighted by molar-refractivity contribution is 0.304. The third kappa shape index (κ3) is 13.0. The van der Waals surface area contributed by atoms with Crippen LogP contribution in [0.1, 0.15) is 97.3 Å². The van der Waals surface area contributed by atoms with Gasteiger partial charge in [0.25, 0.3) is 0 Å². The van der Waals surface area contributed by atoms with Crippen molar-refractivity contribution in [1.29, 1.82) is 0 Å². The summed E-state index contributed by atoms with van der Waals surface area (Å²) in [5.74, 6) is 0.962. The molecule has 0 saturated carbocycles. The highest BCUT2D eigenvalue weighted by atomic mass is 32.2. The molecule has 4 nitrogen and oxygen atoms in total. The normalized spacial score (nSPS) is 11.5. The first-order chi connectivity index (χ1) is 13.6. The molecule has 0 saturated heterocycles. The summed E-state index contributed by atoms with van der Waals surface area (Å²) < 4.78 is 32.2. The molecule has 0 radical (unpaired) electrons. The van der Waals surface area contributed by atoms with Gasteiger partial charge in [-0.1, -0.05) is 84.5 Å². The van der Waals surface area contributed by atoms with Crippen molar-refractivity contribution in [2.75, 3.05) is 17.1 Å². The second-order valence-corrected chi connectivity index (χ2v) is 9.52. The fraction of sp³-hybridized carbons (Fsp3) is 0.739. The number of ether oxygens (including phenoxy) is 1. The van der Waals surface area contributed by atoms with Crippen molar-refractivity contribution in [1.82, 2.24) is 0 Å². The fourth-order valence-corrected chi connectivity index (χ4v) is 4.41. The Balaban J connectivity index is 2.06. The Labute approximate surface area is 173 Å². The summed E-state index contributed by atoms with van der Waals surface area (Å²) in [5, 5.41) is 0. The molecule has 28 heavy (non-hydrogen) atoms. The van der Waals surface area contributed by atoms with E-state index in [1.54, 1.807) is 12.1 Å². The standard InChI is InChI=1S/C23H41NO3S/c1-3-5-7-8-9-10-11-12-13-14-15-20-27-23-18-16-22(17-19-23)24-28(25,26)21-6-4-2/h16-19,24H,3-15,20-21H2,1-2H3. The van der Waals surface area contributed by atoms with Crippen molar-refractivity contribution in [2.45, 2.75) is 97.3 Å². The van der Waals surface area contributed by atoms with Crippen molar-refractivity contribution in [3.63, 3.8) is 0 Å². The summed E-state index contributed by atoms with van der Waals surface area (Å²) in [7, 11) is -3.24. The molecule has 0 unspecified atom stereocenters. The highest BCUT2D eigenvalue weighted by Crippen LogP contribution is 2.18. The van der Waals surface area contributed by atoms with Gasteiger partial charge in [0.05, 0.1) is 12.4 Å². The van der Waals surface area contributed by atoms with E-state index in [4.69, 9.17) is 4.74 Å². The van der Waals surface area contributed by atoms with E-state index in [9.17, 15) is 8.42 Å². The van der Waals surface area contributed by atoms with Crippen molar-refractivity contribution in [3.8, 4) is 5.75 Å². The molecule has 0 amide bonds. The second kappa shape index (κ2) is 15.7. The van der Waals surface area contributed by atoms with Crippen LogP contribution in [0.25, 0.3) is 0 Å². The summed E-state index contributed by atoms with van der Waals surface area (Å²) in [6, 6.07) is 7.19. The molecule has 1 N–H and O–H groups in total. The van der Waals surface area contributed by atoms with E-state index in [2.05, 4.69) is 11.6 Å². The second-order valence-electron chi connectivity index (χ2n) is 7.68. The van der Waals surface area contributed by atoms with Crippen LogP contribution in [0.4, 0.5) is 5.69 Å². The van der Waals surface area contributed by atoms with E-state index in [0.29, 0.717) is 12.1 Å². The van der Waals surface area contributed by atoms with Crippen LogP contribution in [0.5, 0.6) is 5.75 Å². The number of anilines is 1. The van der Waals surface area contributed by atoms with Gasteiger partial charge in [-0.15, -0.1) is 0 Å². The van der Waals surface area contributed by atoms with Gasteiger partial charge in [-0.3, -0.25) is 4.72 Å². The molecule has 0 heterocycles. The van der Waals surface area contributed by atoms with Gasteiger partial charge in [-0.25, -0.2) is 8.42 Å². The fourth-order valence-electron chi connectivity index (χ4n) is 3.14. The van der Waals surface area contributed by atoms with Gasteiger partial charge in [0.2, 0.25) is 10.0 Å². The van der Waals surface area contributed by atoms with Crippen molar-refractivity contribution >= 4 is 15.7 Å². The molecule has 0 atom stereocenters. The van der Waals surface area contributed by atoms with Crippen LogP contribution in [-0.4, -0.2) is 20.8 Å². The Morgan fingerprint density at radius 2 is 1.21 bits per heavy atom. The zero-order valence-corrected chi connectivity index (χ0v) is 18.9. The molecule has 5 heteroatoms. The predicted molar refractivity (Wildman–Crippen MR) is 121 cm³/mol. The molecule has 1 aromatic rings. The molecule has 1 aromatic carbocycles. The van der Waals surface area contributed by atoms with E-state index in [0.717, 1.165) is 25.2 Å². The number of sulfonamides is 1. The van der Waals surface area contributed by atoms with E-state index in [-0.39, 0.29) is 5.75 Å². The third-order valence-corrected chi connectivity index (χ3v) is 6.28. The first kappa shape index (κ1) is 24.8. The minimum Gasteiger partial charge on any atom is -0.494 e. The number of unbranched alkanes of at least 4 members (excludes halogenated alkanes) is 11. The number of rotatable bonds is 18. The minimum absolute atomic E-state index is 0.167. The lowest BCUT2D eigenvalue weighted by atomic mass is 10.1. The molecule has 0 bridgehead atoms. The molecule has 0 aliphatic heterocycles. The van der Waals surface area contributed by atoms with Gasteiger partial charge in [0.1, 0.15) is 5.75 Å². The van der Waals surface area contributed by atoms with Crippen molar-refractivity contribution in [2.24, 2.45) is 0 Å². The average molecular weight is 412 g/mol. The molecule has 0 aliphatic rings. The van der Waals surface area contributed by atoms with Gasteiger partial charge < -0.3 is 4.74 Å². The van der Waals surface area contributed by atoms with E-state index in [1.807, 2.05) is 19.1 Å². The van der Waals surface area contributed by atoms with Gasteiger partial charge in [-0.2, -0.15) is 0 Å². The van der Waals surface area contributed by atoms with Gasteiger partial charge in [0.15, 0.2) is 0 Å². The summed E-state index contributed by atoms with van der Waals surface area (Å²) in [6.07, 6.45) is 16.1. The van der Waals surface area contributed by atoms with E-state index < -0.39 is 10.0 Å². The molecule has 0 aromatic heterocycles. The van der Waals surface area contributed by atoms with Crippen LogP contribution in [-0.2, 0) is 10.0 Å². The largest absolute Gasteiger partial charge is 0.494 e.